The first-order chi connectivity index (χ1) is 10.2. The van der Waals surface area contributed by atoms with Gasteiger partial charge in [0.05, 0.1) is 16.5 Å². The van der Waals surface area contributed by atoms with Gasteiger partial charge in [0, 0.05) is 6.54 Å². The largest absolute Gasteiger partial charge is 0.387 e. The molecule has 0 spiro atoms. The molecule has 1 saturated carbocycles. The third kappa shape index (κ3) is 2.62. The van der Waals surface area contributed by atoms with Crippen LogP contribution in [0.5, 0.6) is 0 Å². The first-order valence-corrected chi connectivity index (χ1v) is 9.15. The second-order valence-electron chi connectivity index (χ2n) is 6.96. The highest BCUT2D eigenvalue weighted by molar-refractivity contribution is 7.89. The van der Waals surface area contributed by atoms with E-state index in [2.05, 4.69) is 6.08 Å². The van der Waals surface area contributed by atoms with Crippen LogP contribution in [0.4, 0.5) is 0 Å². The maximum absolute atomic E-state index is 12.9. The SMILES string of the molecule is Cc1ccc(S(=O)(=O)N2C/C(=C\C3CC3)[C@@H](O)C2(C)C)cc1. The smallest absolute Gasteiger partial charge is 0.243 e. The van der Waals surface area contributed by atoms with E-state index in [1.807, 2.05) is 6.92 Å². The van der Waals surface area contributed by atoms with Crippen molar-refractivity contribution >= 4 is 10.0 Å². The van der Waals surface area contributed by atoms with Gasteiger partial charge in [-0.3, -0.25) is 0 Å². The predicted octanol–water partition coefficient (Wildman–Crippen LogP) is 2.48. The second kappa shape index (κ2) is 5.18. The lowest BCUT2D eigenvalue weighted by atomic mass is 9.96. The van der Waals surface area contributed by atoms with Crippen molar-refractivity contribution in [3.05, 3.63) is 41.5 Å². The molecule has 1 aliphatic heterocycles. The van der Waals surface area contributed by atoms with Crippen LogP contribution in [0.3, 0.4) is 0 Å². The molecule has 4 nitrogen and oxygen atoms in total. The Bertz CT molecular complexity index is 700. The van der Waals surface area contributed by atoms with E-state index in [9.17, 15) is 13.5 Å². The zero-order valence-corrected chi connectivity index (χ0v) is 14.1. The summed E-state index contributed by atoms with van der Waals surface area (Å²) < 4.78 is 27.3. The molecule has 22 heavy (non-hydrogen) atoms. The maximum Gasteiger partial charge on any atom is 0.243 e. The number of aliphatic hydroxyl groups excluding tert-OH is 1. The van der Waals surface area contributed by atoms with Crippen molar-refractivity contribution in [3.63, 3.8) is 0 Å². The van der Waals surface area contributed by atoms with E-state index in [1.54, 1.807) is 38.1 Å². The van der Waals surface area contributed by atoms with Gasteiger partial charge in [-0.25, -0.2) is 8.42 Å². The van der Waals surface area contributed by atoms with E-state index in [-0.39, 0.29) is 11.4 Å². The predicted molar refractivity (Wildman–Crippen MR) is 86.0 cm³/mol. The van der Waals surface area contributed by atoms with Gasteiger partial charge in [0.2, 0.25) is 10.0 Å². The molecule has 0 aromatic heterocycles. The van der Waals surface area contributed by atoms with Gasteiger partial charge in [-0.15, -0.1) is 0 Å². The van der Waals surface area contributed by atoms with E-state index in [0.29, 0.717) is 5.92 Å². The molecule has 1 heterocycles. The average Bonchev–Trinajstić information content (AvgIpc) is 3.22. The van der Waals surface area contributed by atoms with Crippen molar-refractivity contribution in [1.82, 2.24) is 4.31 Å². The van der Waals surface area contributed by atoms with E-state index in [0.717, 1.165) is 24.0 Å². The fraction of sp³-hybridized carbons (Fsp3) is 0.529. The maximum atomic E-state index is 12.9. The van der Waals surface area contributed by atoms with Gasteiger partial charge in [-0.05, 0) is 57.2 Å². The summed E-state index contributed by atoms with van der Waals surface area (Å²) in [4.78, 5) is 0.283. The Hall–Kier alpha value is -1.17. The van der Waals surface area contributed by atoms with Crippen LogP contribution in [-0.2, 0) is 10.0 Å². The van der Waals surface area contributed by atoms with Crippen molar-refractivity contribution < 1.29 is 13.5 Å². The van der Waals surface area contributed by atoms with E-state index >= 15 is 0 Å². The third-order valence-electron chi connectivity index (χ3n) is 4.67. The number of aryl methyl sites for hydroxylation is 1. The molecule has 0 unspecified atom stereocenters. The fourth-order valence-electron chi connectivity index (χ4n) is 2.99. The highest BCUT2D eigenvalue weighted by Crippen LogP contribution is 2.40. The highest BCUT2D eigenvalue weighted by atomic mass is 32.2. The fourth-order valence-corrected chi connectivity index (χ4v) is 4.76. The lowest BCUT2D eigenvalue weighted by molar-refractivity contribution is 0.106. The minimum Gasteiger partial charge on any atom is -0.387 e. The minimum atomic E-state index is -3.61. The average molecular weight is 321 g/mol. The van der Waals surface area contributed by atoms with Gasteiger partial charge in [0.15, 0.2) is 0 Å². The molecule has 2 fully saturated rings. The summed E-state index contributed by atoms with van der Waals surface area (Å²) >= 11 is 0. The zero-order chi connectivity index (χ0) is 16.1. The van der Waals surface area contributed by atoms with Crippen LogP contribution in [-0.4, -0.2) is 36.0 Å². The molecule has 120 valence electrons. The number of hydrogen-bond acceptors (Lipinski definition) is 3. The van der Waals surface area contributed by atoms with Crippen molar-refractivity contribution in [2.75, 3.05) is 6.54 Å². The molecule has 1 N–H and O–H groups in total. The quantitative estimate of drug-likeness (QED) is 0.870. The molecule has 0 amide bonds. The standard InChI is InChI=1S/C17H23NO3S/c1-12-4-8-15(9-5-12)22(20,21)18-11-14(10-13-6-7-13)16(19)17(18,2)3/h4-5,8-10,13,16,19H,6-7,11H2,1-3H3/b14-10+/t16-/m1/s1. The van der Waals surface area contributed by atoms with Gasteiger partial charge in [-0.1, -0.05) is 23.8 Å². The molecule has 1 aromatic carbocycles. The van der Waals surface area contributed by atoms with E-state index in [4.69, 9.17) is 0 Å². The van der Waals surface area contributed by atoms with E-state index in [1.165, 1.54) is 4.31 Å². The van der Waals surface area contributed by atoms with Gasteiger partial charge in [-0.2, -0.15) is 4.31 Å². The molecule has 2 aliphatic rings. The van der Waals surface area contributed by atoms with Gasteiger partial charge in [0.1, 0.15) is 0 Å². The van der Waals surface area contributed by atoms with Gasteiger partial charge in [0.25, 0.3) is 0 Å². The highest BCUT2D eigenvalue weighted by Gasteiger charge is 2.50. The molecular weight excluding hydrogens is 298 g/mol. The normalized spacial score (nSPS) is 27.5. The number of rotatable bonds is 3. The summed E-state index contributed by atoms with van der Waals surface area (Å²) in [6.45, 7) is 5.78. The van der Waals surface area contributed by atoms with Crippen molar-refractivity contribution in [1.29, 1.82) is 0 Å². The molecule has 0 bridgehead atoms. The first kappa shape index (κ1) is 15.7. The lowest BCUT2D eigenvalue weighted by Crippen LogP contribution is -2.47. The lowest BCUT2D eigenvalue weighted by Gasteiger charge is -2.32. The summed E-state index contributed by atoms with van der Waals surface area (Å²) in [5.41, 5.74) is 1.03. The van der Waals surface area contributed by atoms with Crippen LogP contribution >= 0.6 is 0 Å². The van der Waals surface area contributed by atoms with Crippen molar-refractivity contribution in [2.45, 2.75) is 50.2 Å². The second-order valence-corrected chi connectivity index (χ2v) is 8.82. The van der Waals surface area contributed by atoms with Gasteiger partial charge >= 0.3 is 0 Å². The van der Waals surface area contributed by atoms with Crippen LogP contribution < -0.4 is 0 Å². The van der Waals surface area contributed by atoms with Crippen LogP contribution in [0.2, 0.25) is 0 Å². The molecule has 1 atom stereocenters. The van der Waals surface area contributed by atoms with Crippen LogP contribution in [0, 0.1) is 12.8 Å². The topological polar surface area (TPSA) is 57.6 Å². The summed E-state index contributed by atoms with van der Waals surface area (Å²) in [7, 11) is -3.61. The molecular formula is C17H23NO3S. The van der Waals surface area contributed by atoms with Crippen LogP contribution in [0.1, 0.15) is 32.3 Å². The molecule has 5 heteroatoms. The summed E-state index contributed by atoms with van der Waals surface area (Å²) in [6, 6.07) is 6.87. The number of sulfonamides is 1. The Morgan fingerprint density at radius 1 is 1.23 bits per heavy atom. The third-order valence-corrected chi connectivity index (χ3v) is 6.72. The van der Waals surface area contributed by atoms with E-state index < -0.39 is 21.7 Å². The van der Waals surface area contributed by atoms with Crippen molar-refractivity contribution in [3.8, 4) is 0 Å². The summed E-state index contributed by atoms with van der Waals surface area (Å²) in [6.07, 6.45) is 3.60. The molecule has 0 radical (unpaired) electrons. The Labute approximate surface area is 132 Å². The zero-order valence-electron chi connectivity index (χ0n) is 13.3. The van der Waals surface area contributed by atoms with Gasteiger partial charge < -0.3 is 5.11 Å². The number of nitrogens with zero attached hydrogens (tertiary/aromatic N) is 1. The number of hydrogen-bond donors (Lipinski definition) is 1. The molecule has 1 saturated heterocycles. The van der Waals surface area contributed by atoms with Crippen LogP contribution in [0.15, 0.2) is 40.8 Å². The number of aliphatic hydroxyl groups is 1. The first-order valence-electron chi connectivity index (χ1n) is 7.71. The Kier molecular flexibility index (Phi) is 3.70. The molecule has 1 aliphatic carbocycles. The molecule has 3 rings (SSSR count). The molecule has 1 aromatic rings. The minimum absolute atomic E-state index is 0.279. The summed E-state index contributed by atoms with van der Waals surface area (Å²) in [5, 5.41) is 10.5. The Morgan fingerprint density at radius 2 is 1.82 bits per heavy atom. The monoisotopic (exact) mass is 321 g/mol. The number of benzene rings is 1. The Balaban J connectivity index is 1.97. The summed E-state index contributed by atoms with van der Waals surface area (Å²) in [5.74, 6) is 0.516. The van der Waals surface area contributed by atoms with Crippen molar-refractivity contribution in [2.24, 2.45) is 5.92 Å². The van der Waals surface area contributed by atoms with Crippen LogP contribution in [0.25, 0.3) is 0 Å². The number of allylic oxidation sites excluding steroid dienone is 1. The Morgan fingerprint density at radius 3 is 2.36 bits per heavy atom.